The highest BCUT2D eigenvalue weighted by molar-refractivity contribution is 6.36. The van der Waals surface area contributed by atoms with E-state index in [1.807, 2.05) is 0 Å². The van der Waals surface area contributed by atoms with Crippen molar-refractivity contribution < 1.29 is 27.5 Å². The maximum atomic E-state index is 13.9. The van der Waals surface area contributed by atoms with Crippen LogP contribution in [-0.2, 0) is 23.8 Å². The van der Waals surface area contributed by atoms with E-state index < -0.39 is 17.6 Å². The molecule has 0 aliphatic rings. The molecular weight excluding hydrogens is 395 g/mol. The normalized spacial score (nSPS) is 11.7. The first-order valence-electron chi connectivity index (χ1n) is 7.56. The van der Waals surface area contributed by atoms with Crippen LogP contribution in [0.2, 0.25) is 10.0 Å². The molecule has 0 saturated carbocycles. The van der Waals surface area contributed by atoms with E-state index in [1.54, 1.807) is 0 Å². The van der Waals surface area contributed by atoms with E-state index in [4.69, 9.17) is 28.3 Å². The van der Waals surface area contributed by atoms with E-state index in [2.05, 4.69) is 0 Å². The van der Waals surface area contributed by atoms with Gasteiger partial charge in [-0.15, -0.1) is 0 Å². The second kappa shape index (κ2) is 8.37. The number of carbonyl (C=O) groups excluding carboxylic acids is 1. The summed E-state index contributed by atoms with van der Waals surface area (Å²) < 4.78 is 52.2. The van der Waals surface area contributed by atoms with E-state index in [1.165, 1.54) is 18.2 Å². The summed E-state index contributed by atoms with van der Waals surface area (Å²) in [5.41, 5.74) is 0.00749. The van der Waals surface area contributed by atoms with Crippen LogP contribution >= 0.6 is 23.2 Å². The number of alkyl halides is 3. The van der Waals surface area contributed by atoms with E-state index in [0.717, 1.165) is 12.1 Å². The minimum absolute atomic E-state index is 0.0806. The lowest BCUT2D eigenvalue weighted by Gasteiger charge is -2.13. The van der Waals surface area contributed by atoms with Crippen molar-refractivity contribution in [1.29, 1.82) is 0 Å². The second-order valence-corrected chi connectivity index (χ2v) is 6.52. The third kappa shape index (κ3) is 5.19. The fraction of sp³-hybridized carbons (Fsp3) is 0.278. The van der Waals surface area contributed by atoms with Gasteiger partial charge in [-0.05, 0) is 34.9 Å². The van der Waals surface area contributed by atoms with Crippen molar-refractivity contribution in [3.05, 3.63) is 68.4 Å². The summed E-state index contributed by atoms with van der Waals surface area (Å²) in [7, 11) is 0. The molecule has 140 valence electrons. The Kier molecular flexibility index (Phi) is 6.66. The number of Topliss-reactive ketones (excluding diaryl/α,β-unsaturated/α-hetero) is 1. The molecule has 0 aromatic heterocycles. The highest BCUT2D eigenvalue weighted by Crippen LogP contribution is 2.36. The zero-order valence-corrected chi connectivity index (χ0v) is 14.9. The van der Waals surface area contributed by atoms with Crippen molar-refractivity contribution in [2.75, 3.05) is 6.61 Å². The number of carbonyl (C=O) groups is 1. The van der Waals surface area contributed by atoms with Gasteiger partial charge in [0.15, 0.2) is 0 Å². The number of halogens is 6. The molecule has 2 aromatic carbocycles. The third-order valence-corrected chi connectivity index (χ3v) is 4.41. The van der Waals surface area contributed by atoms with Gasteiger partial charge in [0.2, 0.25) is 0 Å². The average molecular weight is 409 g/mol. The lowest BCUT2D eigenvalue weighted by molar-refractivity contribution is -0.137. The van der Waals surface area contributed by atoms with Crippen LogP contribution in [0.25, 0.3) is 0 Å². The molecule has 1 N–H and O–H groups in total. The molecule has 0 bridgehead atoms. The Morgan fingerprint density at radius 3 is 2.23 bits per heavy atom. The molecule has 0 radical (unpaired) electrons. The summed E-state index contributed by atoms with van der Waals surface area (Å²) in [5, 5.41) is 8.46. The van der Waals surface area contributed by atoms with Crippen LogP contribution in [0.15, 0.2) is 30.3 Å². The highest BCUT2D eigenvalue weighted by atomic mass is 35.5. The molecule has 0 unspecified atom stereocenters. The SMILES string of the molecule is O=C(CCO)Cc1cc(Cc2c(Cl)cc(C(F)(F)F)cc2Cl)ccc1F. The van der Waals surface area contributed by atoms with Gasteiger partial charge in [-0.1, -0.05) is 35.3 Å². The maximum absolute atomic E-state index is 13.9. The summed E-state index contributed by atoms with van der Waals surface area (Å²) >= 11 is 11.9. The van der Waals surface area contributed by atoms with Crippen molar-refractivity contribution in [3.63, 3.8) is 0 Å². The van der Waals surface area contributed by atoms with Gasteiger partial charge in [-0.2, -0.15) is 13.2 Å². The smallest absolute Gasteiger partial charge is 0.396 e. The molecule has 0 saturated heterocycles. The number of rotatable bonds is 6. The zero-order valence-electron chi connectivity index (χ0n) is 13.3. The van der Waals surface area contributed by atoms with Gasteiger partial charge in [-0.25, -0.2) is 4.39 Å². The van der Waals surface area contributed by atoms with Crippen molar-refractivity contribution >= 4 is 29.0 Å². The fourth-order valence-electron chi connectivity index (χ4n) is 2.44. The lowest BCUT2D eigenvalue weighted by Crippen LogP contribution is -2.07. The van der Waals surface area contributed by atoms with Gasteiger partial charge in [0.05, 0.1) is 5.56 Å². The molecule has 8 heteroatoms. The van der Waals surface area contributed by atoms with E-state index in [0.29, 0.717) is 5.56 Å². The number of ketones is 1. The maximum Gasteiger partial charge on any atom is 0.416 e. The topological polar surface area (TPSA) is 37.3 Å². The Labute approximate surface area is 157 Å². The second-order valence-electron chi connectivity index (χ2n) is 5.71. The average Bonchev–Trinajstić information content (AvgIpc) is 2.53. The summed E-state index contributed by atoms with van der Waals surface area (Å²) in [6.45, 7) is -0.323. The lowest BCUT2D eigenvalue weighted by atomic mass is 9.98. The predicted molar refractivity (Wildman–Crippen MR) is 91.1 cm³/mol. The molecular formula is C18H14Cl2F4O2. The van der Waals surface area contributed by atoms with Crippen molar-refractivity contribution in [3.8, 4) is 0 Å². The summed E-state index contributed by atoms with van der Waals surface area (Å²) in [6, 6.07) is 5.63. The molecule has 0 atom stereocenters. The molecule has 0 amide bonds. The predicted octanol–water partition coefficient (Wildman–Crippen LogP) is 5.24. The Bertz CT molecular complexity index is 796. The standard InChI is InChI=1S/C18H14Cl2F4O2/c19-15-8-12(18(22,23)24)9-16(20)14(15)6-10-1-2-17(21)11(5-10)7-13(26)3-4-25/h1-2,5,8-9,25H,3-4,6-7H2. The van der Waals surface area contributed by atoms with Crippen LogP contribution < -0.4 is 0 Å². The van der Waals surface area contributed by atoms with E-state index >= 15 is 0 Å². The Morgan fingerprint density at radius 1 is 1.08 bits per heavy atom. The van der Waals surface area contributed by atoms with Crippen molar-refractivity contribution in [2.24, 2.45) is 0 Å². The molecule has 0 fully saturated rings. The van der Waals surface area contributed by atoms with Crippen LogP contribution in [0.3, 0.4) is 0 Å². The fourth-order valence-corrected chi connectivity index (χ4v) is 3.06. The van der Waals surface area contributed by atoms with Gasteiger partial charge >= 0.3 is 6.18 Å². The molecule has 0 aliphatic heterocycles. The highest BCUT2D eigenvalue weighted by Gasteiger charge is 2.32. The largest absolute Gasteiger partial charge is 0.416 e. The summed E-state index contributed by atoms with van der Waals surface area (Å²) in [5.74, 6) is -0.904. The van der Waals surface area contributed by atoms with Gasteiger partial charge < -0.3 is 5.11 Å². The van der Waals surface area contributed by atoms with Crippen LogP contribution in [-0.4, -0.2) is 17.5 Å². The molecule has 2 rings (SSSR count). The number of hydrogen-bond donors (Lipinski definition) is 1. The van der Waals surface area contributed by atoms with Gasteiger partial charge in [0.1, 0.15) is 11.6 Å². The zero-order chi connectivity index (χ0) is 19.5. The van der Waals surface area contributed by atoms with Crippen LogP contribution in [0.5, 0.6) is 0 Å². The number of aliphatic hydroxyl groups is 1. The number of hydrogen-bond acceptors (Lipinski definition) is 2. The molecule has 0 spiro atoms. The molecule has 0 heterocycles. The quantitative estimate of drug-likeness (QED) is 0.663. The molecule has 26 heavy (non-hydrogen) atoms. The Balaban J connectivity index is 2.30. The summed E-state index contributed by atoms with van der Waals surface area (Å²) in [4.78, 5) is 11.6. The van der Waals surface area contributed by atoms with Gasteiger partial charge in [0.25, 0.3) is 0 Å². The monoisotopic (exact) mass is 408 g/mol. The van der Waals surface area contributed by atoms with Crippen molar-refractivity contribution in [1.82, 2.24) is 0 Å². The molecule has 2 nitrogen and oxygen atoms in total. The molecule has 2 aromatic rings. The minimum atomic E-state index is -4.57. The third-order valence-electron chi connectivity index (χ3n) is 3.74. The summed E-state index contributed by atoms with van der Waals surface area (Å²) in [6.07, 6.45) is -4.76. The number of aliphatic hydroxyl groups excluding tert-OH is 1. The first-order valence-corrected chi connectivity index (χ1v) is 8.32. The number of benzene rings is 2. The Hall–Kier alpha value is -1.63. The van der Waals surface area contributed by atoms with E-state index in [-0.39, 0.29) is 52.8 Å². The van der Waals surface area contributed by atoms with Gasteiger partial charge in [0, 0.05) is 35.9 Å². The van der Waals surface area contributed by atoms with Crippen LogP contribution in [0.4, 0.5) is 17.6 Å². The first-order chi connectivity index (χ1) is 12.1. The van der Waals surface area contributed by atoms with Gasteiger partial charge in [-0.3, -0.25) is 4.79 Å². The van der Waals surface area contributed by atoms with E-state index in [9.17, 15) is 22.4 Å². The first kappa shape index (κ1) is 20.7. The minimum Gasteiger partial charge on any atom is -0.396 e. The van der Waals surface area contributed by atoms with Crippen molar-refractivity contribution in [2.45, 2.75) is 25.4 Å². The van der Waals surface area contributed by atoms with Crippen LogP contribution in [0, 0.1) is 5.82 Å². The molecule has 0 aliphatic carbocycles. The Morgan fingerprint density at radius 2 is 1.69 bits per heavy atom. The van der Waals surface area contributed by atoms with Crippen LogP contribution in [0.1, 0.15) is 28.7 Å².